The van der Waals surface area contributed by atoms with Crippen molar-refractivity contribution in [1.82, 2.24) is 10.6 Å². The summed E-state index contributed by atoms with van der Waals surface area (Å²) in [6.45, 7) is 2.16. The maximum absolute atomic E-state index is 12.7. The van der Waals surface area contributed by atoms with Gasteiger partial charge in [-0.25, -0.2) is 0 Å². The fourth-order valence-electron chi connectivity index (χ4n) is 2.94. The van der Waals surface area contributed by atoms with Crippen LogP contribution < -0.4 is 10.6 Å². The van der Waals surface area contributed by atoms with Gasteiger partial charge in [0, 0.05) is 6.42 Å². The second-order valence-corrected chi connectivity index (χ2v) is 7.99. The van der Waals surface area contributed by atoms with Gasteiger partial charge in [-0.15, -0.1) is 0 Å². The molecule has 0 spiro atoms. The van der Waals surface area contributed by atoms with Gasteiger partial charge in [0.1, 0.15) is 12.3 Å². The lowest BCUT2D eigenvalue weighted by molar-refractivity contribution is -0.130. The minimum Gasteiger partial charge on any atom is -0.344 e. The summed E-state index contributed by atoms with van der Waals surface area (Å²) in [5.74, 6) is 0.379. The number of hydrogen-bond acceptors (Lipinski definition) is 4. The number of unbranched alkanes of at least 4 members (excludes halogenated alkanes) is 4. The van der Waals surface area contributed by atoms with E-state index >= 15 is 0 Å². The molecule has 1 aromatic rings. The Morgan fingerprint density at radius 3 is 2.43 bits per heavy atom. The Morgan fingerprint density at radius 1 is 1.07 bits per heavy atom. The molecule has 0 saturated heterocycles. The number of thioether (sulfide) groups is 1. The van der Waals surface area contributed by atoms with E-state index in [-0.39, 0.29) is 11.8 Å². The van der Waals surface area contributed by atoms with Crippen LogP contribution in [0.5, 0.6) is 0 Å². The van der Waals surface area contributed by atoms with E-state index in [4.69, 9.17) is 0 Å². The predicted molar refractivity (Wildman–Crippen MR) is 116 cm³/mol. The number of amides is 2. The Morgan fingerprint density at radius 2 is 1.79 bits per heavy atom. The number of benzene rings is 1. The van der Waals surface area contributed by atoms with E-state index in [0.29, 0.717) is 19.3 Å². The molecule has 0 aliphatic carbocycles. The lowest BCUT2D eigenvalue weighted by Crippen LogP contribution is -2.50. The number of hydrogen-bond donors (Lipinski definition) is 2. The number of carbonyl (C=O) groups excluding carboxylic acids is 3. The highest BCUT2D eigenvalue weighted by Gasteiger charge is 2.23. The van der Waals surface area contributed by atoms with Crippen molar-refractivity contribution in [3.8, 4) is 0 Å². The third-order valence-corrected chi connectivity index (χ3v) is 5.20. The van der Waals surface area contributed by atoms with Gasteiger partial charge in [-0.3, -0.25) is 9.59 Å². The Hall–Kier alpha value is -1.82. The van der Waals surface area contributed by atoms with Crippen LogP contribution in [0.15, 0.2) is 30.3 Å². The summed E-state index contributed by atoms with van der Waals surface area (Å²) < 4.78 is 0. The van der Waals surface area contributed by atoms with Crippen molar-refractivity contribution >= 4 is 29.9 Å². The summed E-state index contributed by atoms with van der Waals surface area (Å²) in [6, 6.07) is 8.37. The highest BCUT2D eigenvalue weighted by Crippen LogP contribution is 2.07. The van der Waals surface area contributed by atoms with Gasteiger partial charge in [-0.1, -0.05) is 62.9 Å². The van der Waals surface area contributed by atoms with Crippen molar-refractivity contribution in [1.29, 1.82) is 0 Å². The van der Waals surface area contributed by atoms with E-state index < -0.39 is 12.1 Å². The molecule has 0 aliphatic rings. The van der Waals surface area contributed by atoms with Crippen LogP contribution in [0.2, 0.25) is 0 Å². The van der Waals surface area contributed by atoms with Crippen molar-refractivity contribution in [3.63, 3.8) is 0 Å². The second kappa shape index (κ2) is 15.1. The minimum atomic E-state index is -0.603. The summed E-state index contributed by atoms with van der Waals surface area (Å²) in [5.41, 5.74) is 0.983. The molecule has 6 heteroatoms. The molecule has 5 nitrogen and oxygen atoms in total. The molecule has 0 radical (unpaired) electrons. The molecular formula is C22H34N2O3S. The Labute approximate surface area is 173 Å². The van der Waals surface area contributed by atoms with Crippen LogP contribution in [-0.2, 0) is 20.8 Å². The van der Waals surface area contributed by atoms with Crippen molar-refractivity contribution in [2.45, 2.75) is 70.4 Å². The lowest BCUT2D eigenvalue weighted by Gasteiger charge is -2.21. The normalized spacial score (nSPS) is 12.8. The fourth-order valence-corrected chi connectivity index (χ4v) is 3.42. The number of rotatable bonds is 15. The maximum Gasteiger partial charge on any atom is 0.243 e. The lowest BCUT2D eigenvalue weighted by atomic mass is 10.1. The molecule has 1 rings (SSSR count). The van der Waals surface area contributed by atoms with E-state index in [1.165, 1.54) is 12.8 Å². The standard InChI is InChI=1S/C22H34N2O3S/c1-3-4-5-6-10-13-21(26)24-20(14-15-28-2)22(27)23-19(17-25)16-18-11-8-7-9-12-18/h7-9,11-12,17,19-20H,3-6,10,13-16H2,1-2H3,(H,23,27)(H,24,26). The van der Waals surface area contributed by atoms with Crippen molar-refractivity contribution in [2.24, 2.45) is 0 Å². The quantitative estimate of drug-likeness (QED) is 0.345. The third kappa shape index (κ3) is 10.5. The second-order valence-electron chi connectivity index (χ2n) is 7.01. The Bertz CT molecular complexity index is 580. The molecule has 0 fully saturated rings. The molecule has 0 aliphatic heterocycles. The molecule has 2 N–H and O–H groups in total. The van der Waals surface area contributed by atoms with Crippen LogP contribution in [0.4, 0.5) is 0 Å². The molecule has 1 aromatic carbocycles. The fraction of sp³-hybridized carbons (Fsp3) is 0.591. The molecule has 0 heterocycles. The average Bonchev–Trinajstić information content (AvgIpc) is 2.71. The smallest absolute Gasteiger partial charge is 0.243 e. The highest BCUT2D eigenvalue weighted by molar-refractivity contribution is 7.98. The predicted octanol–water partition coefficient (Wildman–Crippen LogP) is 3.51. The van der Waals surface area contributed by atoms with Gasteiger partial charge >= 0.3 is 0 Å². The first-order valence-electron chi connectivity index (χ1n) is 10.2. The zero-order valence-corrected chi connectivity index (χ0v) is 17.9. The van der Waals surface area contributed by atoms with E-state index in [9.17, 15) is 14.4 Å². The van der Waals surface area contributed by atoms with Crippen molar-refractivity contribution in [3.05, 3.63) is 35.9 Å². The summed E-state index contributed by atoms with van der Waals surface area (Å²) in [5, 5.41) is 5.64. The van der Waals surface area contributed by atoms with Crippen LogP contribution in [-0.4, -0.2) is 42.2 Å². The molecule has 156 valence electrons. The summed E-state index contributed by atoms with van der Waals surface area (Å²) >= 11 is 1.63. The van der Waals surface area contributed by atoms with E-state index in [0.717, 1.165) is 36.9 Å². The summed E-state index contributed by atoms with van der Waals surface area (Å²) in [4.78, 5) is 36.3. The maximum atomic E-state index is 12.7. The van der Waals surface area contributed by atoms with E-state index in [1.54, 1.807) is 11.8 Å². The van der Waals surface area contributed by atoms with Crippen LogP contribution in [0, 0.1) is 0 Å². The summed E-state index contributed by atoms with van der Waals surface area (Å²) in [7, 11) is 0. The Balaban J connectivity index is 2.54. The molecule has 28 heavy (non-hydrogen) atoms. The first-order chi connectivity index (χ1) is 13.6. The van der Waals surface area contributed by atoms with Crippen LogP contribution >= 0.6 is 11.8 Å². The first kappa shape index (κ1) is 24.2. The van der Waals surface area contributed by atoms with Crippen LogP contribution in [0.3, 0.4) is 0 Å². The van der Waals surface area contributed by atoms with Crippen molar-refractivity contribution in [2.75, 3.05) is 12.0 Å². The number of nitrogens with one attached hydrogen (secondary N) is 2. The monoisotopic (exact) mass is 406 g/mol. The molecule has 0 saturated carbocycles. The van der Waals surface area contributed by atoms with Gasteiger partial charge in [0.25, 0.3) is 0 Å². The third-order valence-electron chi connectivity index (χ3n) is 4.56. The number of carbonyl (C=O) groups is 3. The number of aldehydes is 1. The summed E-state index contributed by atoms with van der Waals surface area (Å²) in [6.07, 6.45) is 9.52. The molecule has 2 atom stereocenters. The largest absolute Gasteiger partial charge is 0.344 e. The van der Waals surface area contributed by atoms with Gasteiger partial charge in [0.15, 0.2) is 0 Å². The first-order valence-corrected chi connectivity index (χ1v) is 11.6. The van der Waals surface area contributed by atoms with Gasteiger partial charge in [0.2, 0.25) is 11.8 Å². The van der Waals surface area contributed by atoms with Crippen LogP contribution in [0.1, 0.15) is 57.4 Å². The van der Waals surface area contributed by atoms with Crippen LogP contribution in [0.25, 0.3) is 0 Å². The molecule has 0 aromatic heterocycles. The van der Waals surface area contributed by atoms with Gasteiger partial charge in [0.05, 0.1) is 6.04 Å². The topological polar surface area (TPSA) is 75.3 Å². The molecular weight excluding hydrogens is 372 g/mol. The highest BCUT2D eigenvalue weighted by atomic mass is 32.2. The Kier molecular flexibility index (Phi) is 13.1. The van der Waals surface area contributed by atoms with Gasteiger partial charge in [-0.05, 0) is 36.8 Å². The average molecular weight is 407 g/mol. The molecule has 2 amide bonds. The van der Waals surface area contributed by atoms with E-state index in [2.05, 4.69) is 17.6 Å². The minimum absolute atomic E-state index is 0.0940. The van der Waals surface area contributed by atoms with Gasteiger partial charge < -0.3 is 15.4 Å². The SMILES string of the molecule is CCCCCCCC(=O)NC(CCSC)C(=O)NC(C=O)Cc1ccccc1. The van der Waals surface area contributed by atoms with Gasteiger partial charge in [-0.2, -0.15) is 11.8 Å². The zero-order valence-electron chi connectivity index (χ0n) is 17.1. The van der Waals surface area contributed by atoms with E-state index in [1.807, 2.05) is 36.6 Å². The zero-order chi connectivity index (χ0) is 20.6. The van der Waals surface area contributed by atoms with Crippen molar-refractivity contribution < 1.29 is 14.4 Å². The molecule has 0 bridgehead atoms. The molecule has 2 unspecified atom stereocenters.